The summed E-state index contributed by atoms with van der Waals surface area (Å²) >= 11 is 0. The highest BCUT2D eigenvalue weighted by Crippen LogP contribution is 2.19. The molecule has 1 fully saturated rings. The van der Waals surface area contributed by atoms with Crippen LogP contribution >= 0.6 is 0 Å². The summed E-state index contributed by atoms with van der Waals surface area (Å²) in [5, 5.41) is 4.74. The van der Waals surface area contributed by atoms with Crippen molar-refractivity contribution in [2.24, 2.45) is 0 Å². The minimum absolute atomic E-state index is 0.0312. The van der Waals surface area contributed by atoms with Crippen molar-refractivity contribution in [3.05, 3.63) is 76.1 Å². The van der Waals surface area contributed by atoms with Crippen LogP contribution in [-0.4, -0.2) is 29.0 Å². The van der Waals surface area contributed by atoms with Crippen molar-refractivity contribution in [2.45, 2.75) is 32.4 Å². The van der Waals surface area contributed by atoms with E-state index in [1.807, 2.05) is 30.3 Å². The first-order chi connectivity index (χ1) is 12.7. The Balaban J connectivity index is 1.38. The van der Waals surface area contributed by atoms with Crippen molar-refractivity contribution in [1.82, 2.24) is 9.88 Å². The zero-order chi connectivity index (χ0) is 17.9. The summed E-state index contributed by atoms with van der Waals surface area (Å²) in [7, 11) is 0. The van der Waals surface area contributed by atoms with E-state index in [1.165, 1.54) is 11.3 Å². The third-order valence-electron chi connectivity index (χ3n) is 5.20. The largest absolute Gasteiger partial charge is 0.382 e. The highest BCUT2D eigenvalue weighted by molar-refractivity contribution is 5.78. The van der Waals surface area contributed by atoms with Gasteiger partial charge in [-0.05, 0) is 55.0 Å². The molecular formula is C22H25N3O. The van der Waals surface area contributed by atoms with Gasteiger partial charge in [0.1, 0.15) is 0 Å². The van der Waals surface area contributed by atoms with Crippen molar-refractivity contribution in [1.29, 1.82) is 0 Å². The average Bonchev–Trinajstić information content (AvgIpc) is 2.64. The van der Waals surface area contributed by atoms with Gasteiger partial charge in [-0.2, -0.15) is 0 Å². The molecule has 4 nitrogen and oxygen atoms in total. The number of hydrogen-bond acceptors (Lipinski definition) is 3. The second kappa shape index (κ2) is 7.34. The molecule has 1 aliphatic rings. The maximum atomic E-state index is 12.3. The molecule has 1 aromatic heterocycles. The number of piperidine rings is 1. The summed E-state index contributed by atoms with van der Waals surface area (Å²) in [5.74, 6) is 0. The normalized spacial score (nSPS) is 16.0. The molecule has 2 heterocycles. The average molecular weight is 347 g/mol. The Morgan fingerprint density at radius 1 is 1.08 bits per heavy atom. The number of para-hydroxylation sites is 1. The number of hydrogen-bond donors (Lipinski definition) is 2. The predicted molar refractivity (Wildman–Crippen MR) is 108 cm³/mol. The smallest absolute Gasteiger partial charge is 0.252 e. The van der Waals surface area contributed by atoms with E-state index >= 15 is 0 Å². The van der Waals surface area contributed by atoms with Crippen LogP contribution in [0.4, 0.5) is 5.69 Å². The van der Waals surface area contributed by atoms with Gasteiger partial charge in [-0.3, -0.25) is 9.69 Å². The van der Waals surface area contributed by atoms with Gasteiger partial charge in [-0.25, -0.2) is 0 Å². The molecule has 0 atom stereocenters. The minimum atomic E-state index is 0.0312. The first-order valence-corrected chi connectivity index (χ1v) is 9.34. The molecule has 1 saturated heterocycles. The SMILES string of the molecule is Cc1cccc(NC2CCN(Cc3cc4ccccc4[nH]c3=O)CC2)c1. The Morgan fingerprint density at radius 3 is 2.69 bits per heavy atom. The minimum Gasteiger partial charge on any atom is -0.382 e. The molecule has 0 unspecified atom stereocenters. The molecule has 0 aliphatic carbocycles. The van der Waals surface area contributed by atoms with E-state index in [4.69, 9.17) is 0 Å². The number of aromatic nitrogens is 1. The Hall–Kier alpha value is -2.59. The molecule has 0 bridgehead atoms. The molecule has 134 valence electrons. The molecule has 2 N–H and O–H groups in total. The van der Waals surface area contributed by atoms with Gasteiger partial charge >= 0.3 is 0 Å². The summed E-state index contributed by atoms with van der Waals surface area (Å²) in [6.45, 7) is 4.86. The van der Waals surface area contributed by atoms with Crippen molar-refractivity contribution in [3.63, 3.8) is 0 Å². The number of likely N-dealkylation sites (tertiary alicyclic amines) is 1. The lowest BCUT2D eigenvalue weighted by Crippen LogP contribution is -2.39. The highest BCUT2D eigenvalue weighted by Gasteiger charge is 2.20. The van der Waals surface area contributed by atoms with E-state index in [9.17, 15) is 4.79 Å². The predicted octanol–water partition coefficient (Wildman–Crippen LogP) is 3.91. The first kappa shape index (κ1) is 16.9. The van der Waals surface area contributed by atoms with E-state index in [0.717, 1.165) is 48.9 Å². The zero-order valence-corrected chi connectivity index (χ0v) is 15.2. The standard InChI is InChI=1S/C22H25N3O/c1-16-5-4-7-20(13-16)23-19-9-11-25(12-10-19)15-18-14-17-6-2-3-8-21(17)24-22(18)26/h2-8,13-14,19,23H,9-12,15H2,1H3,(H,24,26). The lowest BCUT2D eigenvalue weighted by molar-refractivity contribution is 0.210. The zero-order valence-electron chi connectivity index (χ0n) is 15.2. The third-order valence-corrected chi connectivity index (χ3v) is 5.20. The third kappa shape index (κ3) is 3.81. The number of nitrogens with zero attached hydrogens (tertiary/aromatic N) is 1. The number of nitrogens with one attached hydrogen (secondary N) is 2. The van der Waals surface area contributed by atoms with Crippen LogP contribution in [0.5, 0.6) is 0 Å². The Bertz CT molecular complexity index is 955. The van der Waals surface area contributed by atoms with E-state index in [-0.39, 0.29) is 5.56 Å². The molecule has 1 aliphatic heterocycles. The van der Waals surface area contributed by atoms with Crippen LogP contribution in [-0.2, 0) is 6.54 Å². The summed E-state index contributed by atoms with van der Waals surface area (Å²) < 4.78 is 0. The van der Waals surface area contributed by atoms with Crippen molar-refractivity contribution in [3.8, 4) is 0 Å². The fourth-order valence-electron chi connectivity index (χ4n) is 3.76. The monoisotopic (exact) mass is 347 g/mol. The van der Waals surface area contributed by atoms with Gasteiger partial charge < -0.3 is 10.3 Å². The first-order valence-electron chi connectivity index (χ1n) is 9.34. The van der Waals surface area contributed by atoms with Crippen LogP contribution in [0.2, 0.25) is 0 Å². The Labute approximate surface area is 153 Å². The lowest BCUT2D eigenvalue weighted by Gasteiger charge is -2.32. The Kier molecular flexibility index (Phi) is 4.76. The van der Waals surface area contributed by atoms with E-state index in [0.29, 0.717) is 6.04 Å². The summed E-state index contributed by atoms with van der Waals surface area (Å²) in [6, 6.07) is 19.0. The number of H-pyrrole nitrogens is 1. The van der Waals surface area contributed by atoms with Crippen molar-refractivity contribution >= 4 is 16.6 Å². The van der Waals surface area contributed by atoms with Crippen LogP contribution in [0.25, 0.3) is 10.9 Å². The number of fused-ring (bicyclic) bond motifs is 1. The van der Waals surface area contributed by atoms with E-state index < -0.39 is 0 Å². The molecule has 2 aromatic carbocycles. The van der Waals surface area contributed by atoms with Gasteiger partial charge in [0, 0.05) is 42.4 Å². The molecule has 0 spiro atoms. The molecule has 4 heteroatoms. The number of rotatable bonds is 4. The number of benzene rings is 2. The van der Waals surface area contributed by atoms with Crippen LogP contribution in [0, 0.1) is 6.92 Å². The van der Waals surface area contributed by atoms with Gasteiger partial charge in [-0.15, -0.1) is 0 Å². The van der Waals surface area contributed by atoms with Gasteiger partial charge in [0.25, 0.3) is 5.56 Å². The Morgan fingerprint density at radius 2 is 1.88 bits per heavy atom. The van der Waals surface area contributed by atoms with Crippen LogP contribution in [0.15, 0.2) is 59.4 Å². The molecular weight excluding hydrogens is 322 g/mol. The van der Waals surface area contributed by atoms with E-state index in [2.05, 4.69) is 46.4 Å². The molecule has 26 heavy (non-hydrogen) atoms. The molecule has 0 saturated carbocycles. The highest BCUT2D eigenvalue weighted by atomic mass is 16.1. The summed E-state index contributed by atoms with van der Waals surface area (Å²) in [4.78, 5) is 17.7. The second-order valence-electron chi connectivity index (χ2n) is 7.28. The van der Waals surface area contributed by atoms with Crippen molar-refractivity contribution in [2.75, 3.05) is 18.4 Å². The van der Waals surface area contributed by atoms with Crippen molar-refractivity contribution < 1.29 is 0 Å². The van der Waals surface area contributed by atoms with Crippen LogP contribution in [0.3, 0.4) is 0 Å². The molecule has 3 aromatic rings. The summed E-state index contributed by atoms with van der Waals surface area (Å²) in [5.41, 5.74) is 4.28. The lowest BCUT2D eigenvalue weighted by atomic mass is 10.0. The molecule has 4 rings (SSSR count). The number of pyridine rings is 1. The molecule has 0 radical (unpaired) electrons. The summed E-state index contributed by atoms with van der Waals surface area (Å²) in [6.07, 6.45) is 2.19. The van der Waals surface area contributed by atoms with Gasteiger partial charge in [0.05, 0.1) is 0 Å². The number of aromatic amines is 1. The van der Waals surface area contributed by atoms with Crippen LogP contribution < -0.4 is 10.9 Å². The topological polar surface area (TPSA) is 48.1 Å². The molecule has 0 amide bonds. The van der Waals surface area contributed by atoms with Gasteiger partial charge in [-0.1, -0.05) is 30.3 Å². The maximum Gasteiger partial charge on any atom is 0.252 e. The second-order valence-corrected chi connectivity index (χ2v) is 7.28. The number of anilines is 1. The fraction of sp³-hybridized carbons (Fsp3) is 0.318. The maximum absolute atomic E-state index is 12.3. The van der Waals surface area contributed by atoms with Gasteiger partial charge in [0.15, 0.2) is 0 Å². The number of aryl methyl sites for hydroxylation is 1. The van der Waals surface area contributed by atoms with Crippen LogP contribution in [0.1, 0.15) is 24.0 Å². The quantitative estimate of drug-likeness (QED) is 0.752. The fourth-order valence-corrected chi connectivity index (χ4v) is 3.76. The van der Waals surface area contributed by atoms with E-state index in [1.54, 1.807) is 0 Å². The van der Waals surface area contributed by atoms with Gasteiger partial charge in [0.2, 0.25) is 0 Å².